The predicted molar refractivity (Wildman–Crippen MR) is 77.1 cm³/mol. The second-order valence-corrected chi connectivity index (χ2v) is 4.66. The Balaban J connectivity index is 2.16. The summed E-state index contributed by atoms with van der Waals surface area (Å²) in [6.45, 7) is 2.04. The van der Waals surface area contributed by atoms with Crippen LogP contribution in [0.2, 0.25) is 0 Å². The number of methoxy groups -OCH3 is 1. The van der Waals surface area contributed by atoms with Gasteiger partial charge in [0, 0.05) is 5.39 Å². The molecule has 0 spiro atoms. The molecule has 0 N–H and O–H groups in total. The number of esters is 1. The van der Waals surface area contributed by atoms with Crippen LogP contribution in [0.25, 0.3) is 16.6 Å². The van der Waals surface area contributed by atoms with Crippen LogP contribution >= 0.6 is 0 Å². The van der Waals surface area contributed by atoms with Crippen LogP contribution in [-0.4, -0.2) is 22.9 Å². The van der Waals surface area contributed by atoms with E-state index in [1.165, 1.54) is 12.7 Å². The number of ether oxygens (including phenoxy) is 1. The molecule has 0 amide bonds. The third-order valence-corrected chi connectivity index (χ3v) is 3.27. The third kappa shape index (κ3) is 2.05. The van der Waals surface area contributed by atoms with E-state index in [9.17, 15) is 4.79 Å². The smallest absolute Gasteiger partial charge is 0.337 e. The van der Waals surface area contributed by atoms with Crippen molar-refractivity contribution in [2.75, 3.05) is 7.11 Å². The van der Waals surface area contributed by atoms with Gasteiger partial charge < -0.3 is 4.74 Å². The normalized spacial score (nSPS) is 10.7. The van der Waals surface area contributed by atoms with Crippen molar-refractivity contribution in [1.82, 2.24) is 9.78 Å². The molecule has 0 fully saturated rings. The number of aromatic nitrogens is 2. The van der Waals surface area contributed by atoms with Crippen LogP contribution in [-0.2, 0) is 4.74 Å². The molecule has 1 aromatic heterocycles. The molecule has 0 bridgehead atoms. The van der Waals surface area contributed by atoms with Gasteiger partial charge in [-0.25, -0.2) is 9.48 Å². The summed E-state index contributed by atoms with van der Waals surface area (Å²) in [6, 6.07) is 13.5. The van der Waals surface area contributed by atoms with E-state index in [0.717, 1.165) is 16.6 Å². The molecule has 20 heavy (non-hydrogen) atoms. The Morgan fingerprint density at radius 3 is 2.60 bits per heavy atom. The number of nitrogens with zero attached hydrogens (tertiary/aromatic N) is 2. The number of fused-ring (bicyclic) bond motifs is 1. The third-order valence-electron chi connectivity index (χ3n) is 3.27. The van der Waals surface area contributed by atoms with Crippen LogP contribution < -0.4 is 0 Å². The van der Waals surface area contributed by atoms with Gasteiger partial charge >= 0.3 is 5.97 Å². The Morgan fingerprint density at radius 1 is 1.15 bits per heavy atom. The van der Waals surface area contributed by atoms with Crippen molar-refractivity contribution in [3.05, 3.63) is 59.8 Å². The maximum Gasteiger partial charge on any atom is 0.337 e. The van der Waals surface area contributed by atoms with E-state index in [4.69, 9.17) is 4.74 Å². The average Bonchev–Trinajstić information content (AvgIpc) is 2.90. The van der Waals surface area contributed by atoms with Crippen molar-refractivity contribution in [2.45, 2.75) is 6.92 Å². The molecule has 0 saturated carbocycles. The number of hydrogen-bond donors (Lipinski definition) is 0. The van der Waals surface area contributed by atoms with Crippen molar-refractivity contribution < 1.29 is 9.53 Å². The first-order valence-electron chi connectivity index (χ1n) is 6.32. The highest BCUT2D eigenvalue weighted by Gasteiger charge is 2.10. The van der Waals surface area contributed by atoms with Crippen molar-refractivity contribution in [1.29, 1.82) is 0 Å². The molecule has 1 heterocycles. The standard InChI is InChI=1S/C16H14N2O2/c1-11-3-7-14(8-4-11)18-15-9-12(16(19)20-2)5-6-13(15)10-17-18/h3-10H,1-2H3. The molecule has 3 rings (SSSR count). The summed E-state index contributed by atoms with van der Waals surface area (Å²) < 4.78 is 6.58. The van der Waals surface area contributed by atoms with E-state index in [-0.39, 0.29) is 5.97 Å². The van der Waals surface area contributed by atoms with E-state index in [1.54, 1.807) is 18.3 Å². The Kier molecular flexibility index (Phi) is 2.99. The topological polar surface area (TPSA) is 44.1 Å². The summed E-state index contributed by atoms with van der Waals surface area (Å²) in [6.07, 6.45) is 1.79. The Morgan fingerprint density at radius 2 is 1.90 bits per heavy atom. The Labute approximate surface area is 116 Å². The molecule has 0 atom stereocenters. The van der Waals surface area contributed by atoms with E-state index in [2.05, 4.69) is 5.10 Å². The monoisotopic (exact) mass is 266 g/mol. The average molecular weight is 266 g/mol. The fourth-order valence-electron chi connectivity index (χ4n) is 2.15. The van der Waals surface area contributed by atoms with Crippen LogP contribution in [0.15, 0.2) is 48.7 Å². The molecule has 4 heteroatoms. The molecule has 100 valence electrons. The fourth-order valence-corrected chi connectivity index (χ4v) is 2.15. The summed E-state index contributed by atoms with van der Waals surface area (Å²) in [4.78, 5) is 11.6. The van der Waals surface area contributed by atoms with E-state index in [0.29, 0.717) is 5.56 Å². The zero-order valence-electron chi connectivity index (χ0n) is 11.3. The molecule has 0 aliphatic heterocycles. The molecule has 0 radical (unpaired) electrons. The number of hydrogen-bond acceptors (Lipinski definition) is 3. The van der Waals surface area contributed by atoms with Gasteiger partial charge in [-0.3, -0.25) is 0 Å². The lowest BCUT2D eigenvalue weighted by Crippen LogP contribution is -2.02. The second kappa shape index (κ2) is 4.81. The molecule has 0 aliphatic carbocycles. The molecule has 0 unspecified atom stereocenters. The summed E-state index contributed by atoms with van der Waals surface area (Å²) in [7, 11) is 1.38. The van der Waals surface area contributed by atoms with Crippen molar-refractivity contribution >= 4 is 16.9 Å². The predicted octanol–water partition coefficient (Wildman–Crippen LogP) is 3.12. The highest BCUT2D eigenvalue weighted by atomic mass is 16.5. The van der Waals surface area contributed by atoms with Crippen LogP contribution in [0.1, 0.15) is 15.9 Å². The number of aryl methyl sites for hydroxylation is 1. The SMILES string of the molecule is COC(=O)c1ccc2cnn(-c3ccc(C)cc3)c2c1. The number of carbonyl (C=O) groups is 1. The van der Waals surface area contributed by atoms with Crippen molar-refractivity contribution in [3.63, 3.8) is 0 Å². The van der Waals surface area contributed by atoms with Crippen LogP contribution in [0, 0.1) is 6.92 Å². The van der Waals surface area contributed by atoms with Gasteiger partial charge in [0.15, 0.2) is 0 Å². The second-order valence-electron chi connectivity index (χ2n) is 4.66. The Bertz CT molecular complexity index is 773. The minimum Gasteiger partial charge on any atom is -0.465 e. The van der Waals surface area contributed by atoms with Gasteiger partial charge in [0.25, 0.3) is 0 Å². The minimum absolute atomic E-state index is 0.344. The summed E-state index contributed by atoms with van der Waals surface area (Å²) in [5.74, 6) is -0.344. The molecule has 0 saturated heterocycles. The molecular weight excluding hydrogens is 252 g/mol. The summed E-state index contributed by atoms with van der Waals surface area (Å²) in [5, 5.41) is 5.37. The van der Waals surface area contributed by atoms with Crippen molar-refractivity contribution in [2.24, 2.45) is 0 Å². The lowest BCUT2D eigenvalue weighted by atomic mass is 10.1. The van der Waals surface area contributed by atoms with Gasteiger partial charge in [-0.15, -0.1) is 0 Å². The highest BCUT2D eigenvalue weighted by molar-refractivity contribution is 5.94. The summed E-state index contributed by atoms with van der Waals surface area (Å²) in [5.41, 5.74) is 3.57. The maximum atomic E-state index is 11.6. The quantitative estimate of drug-likeness (QED) is 0.669. The van der Waals surface area contributed by atoms with E-state index >= 15 is 0 Å². The van der Waals surface area contributed by atoms with E-state index < -0.39 is 0 Å². The number of rotatable bonds is 2. The largest absolute Gasteiger partial charge is 0.465 e. The molecular formula is C16H14N2O2. The van der Waals surface area contributed by atoms with Gasteiger partial charge in [-0.2, -0.15) is 5.10 Å². The maximum absolute atomic E-state index is 11.6. The lowest BCUT2D eigenvalue weighted by molar-refractivity contribution is 0.0601. The molecule has 0 aliphatic rings. The van der Waals surface area contributed by atoms with Gasteiger partial charge in [-0.05, 0) is 31.2 Å². The molecule has 3 aromatic rings. The molecule has 2 aromatic carbocycles. The zero-order chi connectivity index (χ0) is 14.1. The van der Waals surface area contributed by atoms with Gasteiger partial charge in [-0.1, -0.05) is 23.8 Å². The van der Waals surface area contributed by atoms with Gasteiger partial charge in [0.05, 0.1) is 30.1 Å². The number of carbonyl (C=O) groups excluding carboxylic acids is 1. The first-order chi connectivity index (χ1) is 9.69. The first kappa shape index (κ1) is 12.4. The zero-order valence-corrected chi connectivity index (χ0v) is 11.3. The summed E-state index contributed by atoms with van der Waals surface area (Å²) >= 11 is 0. The lowest BCUT2D eigenvalue weighted by Gasteiger charge is -2.05. The highest BCUT2D eigenvalue weighted by Crippen LogP contribution is 2.20. The fraction of sp³-hybridized carbons (Fsp3) is 0.125. The van der Waals surface area contributed by atoms with Gasteiger partial charge in [0.1, 0.15) is 0 Å². The van der Waals surface area contributed by atoms with Crippen molar-refractivity contribution in [3.8, 4) is 5.69 Å². The first-order valence-corrected chi connectivity index (χ1v) is 6.32. The van der Waals surface area contributed by atoms with Crippen LogP contribution in [0.4, 0.5) is 0 Å². The van der Waals surface area contributed by atoms with Gasteiger partial charge in [0.2, 0.25) is 0 Å². The van der Waals surface area contributed by atoms with Crippen LogP contribution in [0.5, 0.6) is 0 Å². The molecule has 4 nitrogen and oxygen atoms in total. The Hall–Kier alpha value is -2.62. The number of benzene rings is 2. The van der Waals surface area contributed by atoms with Crippen LogP contribution in [0.3, 0.4) is 0 Å². The van der Waals surface area contributed by atoms with E-state index in [1.807, 2.05) is 41.9 Å². The minimum atomic E-state index is -0.344.